The number of fused-ring (bicyclic) bond motifs is 3. The van der Waals surface area contributed by atoms with E-state index in [9.17, 15) is 4.79 Å². The van der Waals surface area contributed by atoms with E-state index in [1.807, 2.05) is 72.8 Å². The van der Waals surface area contributed by atoms with E-state index < -0.39 is 0 Å². The number of nitrogens with one attached hydrogen (secondary N) is 2. The zero-order valence-electron chi connectivity index (χ0n) is 21.5. The van der Waals surface area contributed by atoms with Crippen molar-refractivity contribution in [2.75, 3.05) is 12.4 Å². The molecule has 3 heterocycles. The third-order valence-electron chi connectivity index (χ3n) is 6.94. The molecule has 0 spiro atoms. The smallest absolute Gasteiger partial charge is 0.267 e. The number of allylic oxidation sites excluding steroid dienone is 1. The first-order chi connectivity index (χ1) is 19.1. The third kappa shape index (κ3) is 4.62. The quantitative estimate of drug-likeness (QED) is 0.297. The number of aromatic nitrogens is 3. The average Bonchev–Trinajstić information content (AvgIpc) is 3.38. The largest absolute Gasteiger partial charge is 0.497 e. The molecule has 1 aliphatic rings. The van der Waals surface area contributed by atoms with E-state index >= 15 is 0 Å². The van der Waals surface area contributed by atoms with Gasteiger partial charge in [-0.2, -0.15) is 5.10 Å². The first kappa shape index (κ1) is 24.7. The van der Waals surface area contributed by atoms with Crippen LogP contribution in [0.1, 0.15) is 19.8 Å². The summed E-state index contributed by atoms with van der Waals surface area (Å²) in [5, 5.41) is 12.7. The van der Waals surface area contributed by atoms with Gasteiger partial charge in [-0.05, 0) is 78.1 Å². The number of benzene rings is 3. The van der Waals surface area contributed by atoms with Gasteiger partial charge >= 0.3 is 0 Å². The minimum Gasteiger partial charge on any atom is -0.497 e. The van der Waals surface area contributed by atoms with Crippen molar-refractivity contribution < 1.29 is 4.74 Å². The molecule has 1 aliphatic heterocycles. The molecule has 0 saturated heterocycles. The van der Waals surface area contributed by atoms with Crippen molar-refractivity contribution in [2.24, 2.45) is 4.99 Å². The van der Waals surface area contributed by atoms with E-state index in [2.05, 4.69) is 28.5 Å². The maximum atomic E-state index is 13.9. The summed E-state index contributed by atoms with van der Waals surface area (Å²) in [6.45, 7) is 2.11. The number of nitrogens with zero attached hydrogens (tertiary/aromatic N) is 3. The molecule has 0 saturated carbocycles. The van der Waals surface area contributed by atoms with Crippen LogP contribution in [0.5, 0.6) is 5.75 Å². The summed E-state index contributed by atoms with van der Waals surface area (Å²) < 4.78 is 6.98. The molecule has 194 valence electrons. The topological polar surface area (TPSA) is 84.3 Å². The van der Waals surface area contributed by atoms with Gasteiger partial charge in [0.1, 0.15) is 11.6 Å². The molecule has 0 fully saturated rings. The Balaban J connectivity index is 1.59. The molecule has 0 aliphatic carbocycles. The maximum absolute atomic E-state index is 13.9. The number of anilines is 1. The number of hydrogen-bond donors (Lipinski definition) is 2. The van der Waals surface area contributed by atoms with Crippen LogP contribution in [0.3, 0.4) is 0 Å². The van der Waals surface area contributed by atoms with E-state index in [1.54, 1.807) is 17.9 Å². The number of halogens is 1. The zero-order valence-corrected chi connectivity index (χ0v) is 22.3. The first-order valence-corrected chi connectivity index (χ1v) is 13.1. The Labute approximate surface area is 229 Å². The number of H-pyrrole nitrogens is 1. The van der Waals surface area contributed by atoms with Crippen LogP contribution in [0.15, 0.2) is 100 Å². The summed E-state index contributed by atoms with van der Waals surface area (Å²) in [7, 11) is 1.64. The highest BCUT2D eigenvalue weighted by atomic mass is 35.5. The van der Waals surface area contributed by atoms with Gasteiger partial charge < -0.3 is 10.1 Å². The van der Waals surface area contributed by atoms with E-state index in [4.69, 9.17) is 21.3 Å². The van der Waals surface area contributed by atoms with Crippen molar-refractivity contribution >= 4 is 34.3 Å². The average molecular weight is 536 g/mol. The summed E-state index contributed by atoms with van der Waals surface area (Å²) in [5.41, 5.74) is 5.65. The molecule has 39 heavy (non-hydrogen) atoms. The van der Waals surface area contributed by atoms with Crippen molar-refractivity contribution in [3.05, 3.63) is 116 Å². The van der Waals surface area contributed by atoms with Crippen molar-refractivity contribution in [3.8, 4) is 22.6 Å². The van der Waals surface area contributed by atoms with Gasteiger partial charge in [-0.25, -0.2) is 4.99 Å². The minimum atomic E-state index is -0.193. The number of methoxy groups -OCH3 is 1. The first-order valence-electron chi connectivity index (χ1n) is 12.7. The molecule has 0 atom stereocenters. The number of pyridine rings is 1. The third-order valence-corrected chi connectivity index (χ3v) is 7.18. The Morgan fingerprint density at radius 3 is 2.56 bits per heavy atom. The predicted octanol–water partition coefficient (Wildman–Crippen LogP) is 5.58. The van der Waals surface area contributed by atoms with Crippen molar-refractivity contribution in [3.63, 3.8) is 0 Å². The molecule has 7 nitrogen and oxygen atoms in total. The monoisotopic (exact) mass is 535 g/mol. The van der Waals surface area contributed by atoms with E-state index in [-0.39, 0.29) is 5.56 Å². The molecule has 0 unspecified atom stereocenters. The van der Waals surface area contributed by atoms with Gasteiger partial charge in [0.2, 0.25) is 0 Å². The standard InChI is InChI=1S/C31H26ClN5O2/c1-3-19-10-15-26-28-27(18-33-36-28)31(38)37(24-9-5-7-21(17-24)20-6-4-8-22(32)16-20)30(26)35-29(19)34-23-11-13-25(39-2)14-12-23/h4-9,11-18,34H,3,10H2,1-2H3,(H,33,36). The normalized spacial score (nSPS) is 12.9. The second kappa shape index (κ2) is 10.3. The maximum Gasteiger partial charge on any atom is 0.267 e. The Hall–Kier alpha value is -4.62. The van der Waals surface area contributed by atoms with Gasteiger partial charge in [-0.3, -0.25) is 14.5 Å². The molecular weight excluding hydrogens is 510 g/mol. The Morgan fingerprint density at radius 1 is 1.05 bits per heavy atom. The lowest BCUT2D eigenvalue weighted by Gasteiger charge is -2.13. The van der Waals surface area contributed by atoms with Crippen LogP contribution in [-0.2, 0) is 0 Å². The van der Waals surface area contributed by atoms with Gasteiger partial charge in [-0.15, -0.1) is 0 Å². The van der Waals surface area contributed by atoms with Crippen LogP contribution >= 0.6 is 11.6 Å². The van der Waals surface area contributed by atoms with E-state index in [0.29, 0.717) is 33.5 Å². The Morgan fingerprint density at radius 2 is 1.82 bits per heavy atom. The van der Waals surface area contributed by atoms with Crippen molar-refractivity contribution in [1.29, 1.82) is 0 Å². The van der Waals surface area contributed by atoms with Gasteiger partial charge in [-0.1, -0.05) is 48.9 Å². The molecule has 0 amide bonds. The molecule has 2 aromatic heterocycles. The highest BCUT2D eigenvalue weighted by Crippen LogP contribution is 2.25. The van der Waals surface area contributed by atoms with Crippen LogP contribution in [0.4, 0.5) is 5.69 Å². The molecule has 3 aromatic carbocycles. The molecule has 8 heteroatoms. The number of rotatable bonds is 6. The second-order valence-corrected chi connectivity index (χ2v) is 9.71. The van der Waals surface area contributed by atoms with Crippen LogP contribution in [-0.4, -0.2) is 21.9 Å². The molecule has 6 rings (SSSR count). The zero-order chi connectivity index (χ0) is 26.9. The Kier molecular flexibility index (Phi) is 6.50. The van der Waals surface area contributed by atoms with Crippen LogP contribution in [0, 0.1) is 0 Å². The number of hydrogen-bond acceptors (Lipinski definition) is 5. The lowest BCUT2D eigenvalue weighted by atomic mass is 10.0. The fraction of sp³-hybridized carbons (Fsp3) is 0.129. The van der Waals surface area contributed by atoms with Crippen LogP contribution in [0.25, 0.3) is 33.8 Å². The molecule has 0 radical (unpaired) electrons. The Bertz CT molecular complexity index is 1920. The highest BCUT2D eigenvalue weighted by molar-refractivity contribution is 6.30. The second-order valence-electron chi connectivity index (χ2n) is 9.28. The van der Waals surface area contributed by atoms with Crippen LogP contribution in [0.2, 0.25) is 5.02 Å². The molecule has 5 aromatic rings. The molecule has 0 bridgehead atoms. The SMILES string of the molecule is CCC1=C(Nc2ccc(OC)cc2)N=c2c(c3[nH]ncc3c(=O)n2-c2cccc(-c3cccc(Cl)c3)c2)=CC1. The molecule has 2 N–H and O–H groups in total. The van der Waals surface area contributed by atoms with Gasteiger partial charge in [0, 0.05) is 15.9 Å². The van der Waals surface area contributed by atoms with Crippen molar-refractivity contribution in [2.45, 2.75) is 19.8 Å². The van der Waals surface area contributed by atoms with E-state index in [0.717, 1.165) is 45.6 Å². The molecular formula is C31H26ClN5O2. The van der Waals surface area contributed by atoms with Crippen molar-refractivity contribution in [1.82, 2.24) is 14.8 Å². The summed E-state index contributed by atoms with van der Waals surface area (Å²) in [5.74, 6) is 1.49. The summed E-state index contributed by atoms with van der Waals surface area (Å²) in [6.07, 6.45) is 5.18. The number of aromatic amines is 1. The van der Waals surface area contributed by atoms with Gasteiger partial charge in [0.05, 0.1) is 29.9 Å². The van der Waals surface area contributed by atoms with Gasteiger partial charge in [0.25, 0.3) is 5.56 Å². The van der Waals surface area contributed by atoms with Crippen LogP contribution < -0.4 is 26.3 Å². The summed E-state index contributed by atoms with van der Waals surface area (Å²) in [4.78, 5) is 19.0. The fourth-order valence-electron chi connectivity index (χ4n) is 4.88. The predicted molar refractivity (Wildman–Crippen MR) is 156 cm³/mol. The van der Waals surface area contributed by atoms with E-state index in [1.165, 1.54) is 0 Å². The lowest BCUT2D eigenvalue weighted by molar-refractivity contribution is 0.415. The minimum absolute atomic E-state index is 0.193. The lowest BCUT2D eigenvalue weighted by Crippen LogP contribution is -2.43. The summed E-state index contributed by atoms with van der Waals surface area (Å²) in [6, 6.07) is 23.2. The number of ether oxygens (including phenoxy) is 1. The van der Waals surface area contributed by atoms with Gasteiger partial charge in [0.15, 0.2) is 5.49 Å². The summed E-state index contributed by atoms with van der Waals surface area (Å²) >= 11 is 6.27. The highest BCUT2D eigenvalue weighted by Gasteiger charge is 2.17. The fourth-order valence-corrected chi connectivity index (χ4v) is 5.07.